The molecule has 1 aromatic heterocycles. The van der Waals surface area contributed by atoms with Gasteiger partial charge in [0.15, 0.2) is 0 Å². The van der Waals surface area contributed by atoms with E-state index in [9.17, 15) is 14.9 Å². The molecule has 0 saturated carbocycles. The molecule has 1 amide bonds. The van der Waals surface area contributed by atoms with Crippen molar-refractivity contribution in [2.24, 2.45) is 5.10 Å². The summed E-state index contributed by atoms with van der Waals surface area (Å²) in [4.78, 5) is 22.7. The van der Waals surface area contributed by atoms with Crippen LogP contribution in [-0.2, 0) is 0 Å². The fourth-order valence-electron chi connectivity index (χ4n) is 4.28. The van der Waals surface area contributed by atoms with Crippen molar-refractivity contribution in [1.29, 1.82) is 0 Å². The number of carbonyl (C=O) groups excluding carboxylic acids is 1. The normalized spacial score (nSPS) is 14.6. The van der Waals surface area contributed by atoms with Gasteiger partial charge in [0.25, 0.3) is 0 Å². The van der Waals surface area contributed by atoms with Crippen molar-refractivity contribution in [2.75, 3.05) is 6.61 Å². The molecule has 38 heavy (non-hydrogen) atoms. The molecule has 2 heterocycles. The number of nitrogens with zero attached hydrogens (tertiary/aromatic N) is 2. The second-order valence-corrected chi connectivity index (χ2v) is 8.32. The van der Waals surface area contributed by atoms with Crippen molar-refractivity contribution in [2.45, 2.75) is 12.8 Å². The van der Waals surface area contributed by atoms with E-state index in [0.29, 0.717) is 23.7 Å². The number of amides is 1. The van der Waals surface area contributed by atoms with Crippen LogP contribution < -0.4 is 14.9 Å². The molecular weight excluding hydrogens is 486 g/mol. The lowest BCUT2D eigenvalue weighted by atomic mass is 9.81. The minimum atomic E-state index is -0.717. The molecular formula is C29H23N3O6. The third-order valence-corrected chi connectivity index (χ3v) is 5.94. The molecule has 0 aliphatic carbocycles. The zero-order valence-corrected chi connectivity index (χ0v) is 20.4. The SMILES string of the molecule is CCOc1ccc(C2=C(/C=N\NC(=O)c3ccc([N+](=O)[O-])o3)[C@H](c3ccccc3)c3ccccc3O2)cc1. The maximum atomic E-state index is 12.5. The largest absolute Gasteiger partial charge is 0.494 e. The van der Waals surface area contributed by atoms with E-state index in [-0.39, 0.29) is 11.7 Å². The van der Waals surface area contributed by atoms with Crippen molar-refractivity contribution in [3.63, 3.8) is 0 Å². The lowest BCUT2D eigenvalue weighted by Crippen LogP contribution is -2.20. The fourth-order valence-corrected chi connectivity index (χ4v) is 4.28. The number of furan rings is 1. The first-order valence-electron chi connectivity index (χ1n) is 11.9. The highest BCUT2D eigenvalue weighted by Crippen LogP contribution is 2.45. The number of hydrogen-bond donors (Lipinski definition) is 1. The summed E-state index contributed by atoms with van der Waals surface area (Å²) in [5, 5.41) is 15.1. The van der Waals surface area contributed by atoms with Crippen LogP contribution >= 0.6 is 0 Å². The van der Waals surface area contributed by atoms with E-state index >= 15 is 0 Å². The fraction of sp³-hybridized carbons (Fsp3) is 0.103. The van der Waals surface area contributed by atoms with E-state index < -0.39 is 16.7 Å². The molecule has 9 nitrogen and oxygen atoms in total. The first kappa shape index (κ1) is 24.5. The van der Waals surface area contributed by atoms with Crippen LogP contribution in [0.15, 0.2) is 106 Å². The predicted octanol–water partition coefficient (Wildman–Crippen LogP) is 5.94. The number of hydrazone groups is 1. The van der Waals surface area contributed by atoms with E-state index in [1.54, 1.807) is 0 Å². The van der Waals surface area contributed by atoms with Gasteiger partial charge in [-0.15, -0.1) is 0 Å². The summed E-state index contributed by atoms with van der Waals surface area (Å²) in [6.45, 7) is 2.48. The van der Waals surface area contributed by atoms with Gasteiger partial charge in [0.2, 0.25) is 5.76 Å². The molecule has 9 heteroatoms. The van der Waals surface area contributed by atoms with Crippen LogP contribution in [0, 0.1) is 10.1 Å². The van der Waals surface area contributed by atoms with E-state index in [0.717, 1.165) is 28.5 Å². The number of hydrogen-bond acceptors (Lipinski definition) is 7. The highest BCUT2D eigenvalue weighted by Gasteiger charge is 2.31. The molecule has 3 aromatic carbocycles. The van der Waals surface area contributed by atoms with Gasteiger partial charge in [0.05, 0.1) is 18.9 Å². The molecule has 1 atom stereocenters. The number of nitrogens with one attached hydrogen (secondary N) is 1. The van der Waals surface area contributed by atoms with Crippen molar-refractivity contribution in [3.05, 3.63) is 129 Å². The number of benzene rings is 3. The van der Waals surface area contributed by atoms with Gasteiger partial charge in [-0.25, -0.2) is 5.43 Å². The van der Waals surface area contributed by atoms with Crippen LogP contribution in [0.1, 0.15) is 40.1 Å². The van der Waals surface area contributed by atoms with Gasteiger partial charge >= 0.3 is 11.8 Å². The van der Waals surface area contributed by atoms with Crippen LogP contribution in [0.2, 0.25) is 0 Å². The van der Waals surface area contributed by atoms with Crippen LogP contribution in [0.3, 0.4) is 0 Å². The smallest absolute Gasteiger partial charge is 0.433 e. The molecule has 0 unspecified atom stereocenters. The first-order chi connectivity index (χ1) is 18.5. The van der Waals surface area contributed by atoms with Gasteiger partial charge in [-0.2, -0.15) is 5.10 Å². The molecule has 0 spiro atoms. The molecule has 1 aliphatic rings. The summed E-state index contributed by atoms with van der Waals surface area (Å²) in [6, 6.07) is 27.6. The van der Waals surface area contributed by atoms with Crippen LogP contribution in [-0.4, -0.2) is 23.7 Å². The summed E-state index contributed by atoms with van der Waals surface area (Å²) in [7, 11) is 0. The maximum Gasteiger partial charge on any atom is 0.433 e. The van der Waals surface area contributed by atoms with Crippen molar-refractivity contribution >= 4 is 23.8 Å². The third-order valence-electron chi connectivity index (χ3n) is 5.94. The van der Waals surface area contributed by atoms with E-state index in [4.69, 9.17) is 13.9 Å². The number of nitro groups is 1. The molecule has 1 aliphatic heterocycles. The highest BCUT2D eigenvalue weighted by molar-refractivity contribution is 5.96. The molecule has 0 radical (unpaired) electrons. The molecule has 0 bridgehead atoms. The Morgan fingerprint density at radius 2 is 1.76 bits per heavy atom. The van der Waals surface area contributed by atoms with Gasteiger partial charge in [-0.3, -0.25) is 14.9 Å². The molecule has 0 fully saturated rings. The summed E-state index contributed by atoms with van der Waals surface area (Å²) in [6.07, 6.45) is 1.54. The van der Waals surface area contributed by atoms with Crippen molar-refractivity contribution in [3.8, 4) is 11.5 Å². The lowest BCUT2D eigenvalue weighted by molar-refractivity contribution is -0.402. The van der Waals surface area contributed by atoms with Gasteiger partial charge < -0.3 is 13.9 Å². The van der Waals surface area contributed by atoms with E-state index in [1.165, 1.54) is 12.3 Å². The maximum absolute atomic E-state index is 12.5. The Morgan fingerprint density at radius 1 is 1.03 bits per heavy atom. The minimum absolute atomic E-state index is 0.223. The Labute approximate surface area is 218 Å². The van der Waals surface area contributed by atoms with Crippen LogP contribution in [0.25, 0.3) is 5.76 Å². The van der Waals surface area contributed by atoms with Gasteiger partial charge in [-0.1, -0.05) is 48.5 Å². The highest BCUT2D eigenvalue weighted by atomic mass is 16.6. The number of rotatable bonds is 8. The number of fused-ring (bicyclic) bond motifs is 1. The Kier molecular flexibility index (Phi) is 6.99. The van der Waals surface area contributed by atoms with Gasteiger partial charge in [0, 0.05) is 22.6 Å². The molecule has 190 valence electrons. The Bertz CT molecular complexity index is 1520. The summed E-state index contributed by atoms with van der Waals surface area (Å²) in [5.41, 5.74) is 5.88. The lowest BCUT2D eigenvalue weighted by Gasteiger charge is -2.30. The average molecular weight is 510 g/mol. The average Bonchev–Trinajstić information content (AvgIpc) is 3.45. The molecule has 4 aromatic rings. The Balaban J connectivity index is 1.56. The predicted molar refractivity (Wildman–Crippen MR) is 141 cm³/mol. The number of para-hydroxylation sites is 1. The second-order valence-electron chi connectivity index (χ2n) is 8.32. The van der Waals surface area contributed by atoms with E-state index in [2.05, 4.69) is 10.5 Å². The zero-order chi connectivity index (χ0) is 26.5. The minimum Gasteiger partial charge on any atom is -0.494 e. The standard InChI is InChI=1S/C29H23N3O6/c1-2-36-21-14-12-20(13-15-21)28-23(18-30-31-29(33)25-16-17-26(37-25)32(34)35)27(19-8-4-3-5-9-19)22-10-6-7-11-24(22)38-28/h3-18,27H,2H2,1H3,(H,31,33)/b30-18-/t27-/m1/s1. The molecule has 1 N–H and O–H groups in total. The monoisotopic (exact) mass is 509 g/mol. The van der Waals surface area contributed by atoms with Crippen LogP contribution in [0.5, 0.6) is 11.5 Å². The molecule has 0 saturated heterocycles. The van der Waals surface area contributed by atoms with Gasteiger partial charge in [-0.05, 0) is 48.9 Å². The number of carbonyl (C=O) groups is 1. The van der Waals surface area contributed by atoms with Crippen LogP contribution in [0.4, 0.5) is 5.88 Å². The number of allylic oxidation sites excluding steroid dienone is 1. The second kappa shape index (κ2) is 10.8. The molecule has 5 rings (SSSR count). The summed E-state index contributed by atoms with van der Waals surface area (Å²) in [5.74, 6) is 0.323. The zero-order valence-electron chi connectivity index (χ0n) is 20.4. The van der Waals surface area contributed by atoms with Crippen molar-refractivity contribution in [1.82, 2.24) is 5.43 Å². The first-order valence-corrected chi connectivity index (χ1v) is 11.9. The topological polar surface area (TPSA) is 116 Å². The van der Waals surface area contributed by atoms with Crippen molar-refractivity contribution < 1.29 is 23.6 Å². The van der Waals surface area contributed by atoms with E-state index in [1.807, 2.05) is 85.8 Å². The third kappa shape index (κ3) is 5.03. The van der Waals surface area contributed by atoms with Gasteiger partial charge in [0.1, 0.15) is 22.2 Å². The summed E-state index contributed by atoms with van der Waals surface area (Å²) >= 11 is 0. The summed E-state index contributed by atoms with van der Waals surface area (Å²) < 4.78 is 17.0. The Morgan fingerprint density at radius 3 is 2.47 bits per heavy atom. The quantitative estimate of drug-likeness (QED) is 0.179. The Hall–Kier alpha value is -5.18. The number of ether oxygens (including phenoxy) is 2.